The molecule has 1 fully saturated rings. The van der Waals surface area contributed by atoms with Crippen LogP contribution in [0.15, 0.2) is 6.33 Å². The highest BCUT2D eigenvalue weighted by molar-refractivity contribution is 5.06. The van der Waals surface area contributed by atoms with Gasteiger partial charge in [0, 0.05) is 7.05 Å². The summed E-state index contributed by atoms with van der Waals surface area (Å²) in [5.74, 6) is 1.02. The van der Waals surface area contributed by atoms with Crippen LogP contribution in [0.2, 0.25) is 0 Å². The minimum atomic E-state index is -0.456. The van der Waals surface area contributed by atoms with Crippen LogP contribution in [0, 0.1) is 11.3 Å². The van der Waals surface area contributed by atoms with Crippen LogP contribution in [0.25, 0.3) is 0 Å². The van der Waals surface area contributed by atoms with Gasteiger partial charge >= 0.3 is 0 Å². The van der Waals surface area contributed by atoms with E-state index in [0.29, 0.717) is 11.7 Å². The van der Waals surface area contributed by atoms with Crippen LogP contribution in [0.3, 0.4) is 0 Å². The SMILES string of the molecule is Cn1cnnc1C(O)C1CC1(C)C. The molecule has 4 nitrogen and oxygen atoms in total. The normalized spacial score (nSPS) is 27.2. The van der Waals surface area contributed by atoms with Crippen molar-refractivity contribution in [2.45, 2.75) is 26.4 Å². The molecule has 0 radical (unpaired) electrons. The van der Waals surface area contributed by atoms with Gasteiger partial charge in [-0.15, -0.1) is 10.2 Å². The lowest BCUT2D eigenvalue weighted by atomic mass is 10.1. The molecule has 1 aromatic heterocycles. The molecule has 1 N–H and O–H groups in total. The van der Waals surface area contributed by atoms with Crippen LogP contribution in [-0.4, -0.2) is 19.9 Å². The number of aryl methyl sites for hydroxylation is 1. The maximum absolute atomic E-state index is 9.94. The Morgan fingerprint density at radius 2 is 2.31 bits per heavy atom. The van der Waals surface area contributed by atoms with Gasteiger partial charge in [-0.1, -0.05) is 13.8 Å². The molecule has 13 heavy (non-hydrogen) atoms. The maximum Gasteiger partial charge on any atom is 0.161 e. The molecule has 0 aliphatic heterocycles. The number of aliphatic hydroxyl groups excluding tert-OH is 1. The summed E-state index contributed by atoms with van der Waals surface area (Å²) in [5.41, 5.74) is 0.269. The smallest absolute Gasteiger partial charge is 0.161 e. The predicted molar refractivity (Wildman–Crippen MR) is 47.9 cm³/mol. The highest BCUT2D eigenvalue weighted by Gasteiger charge is 2.51. The third kappa shape index (κ3) is 1.35. The number of nitrogens with zero attached hydrogens (tertiary/aromatic N) is 3. The quantitative estimate of drug-likeness (QED) is 0.737. The van der Waals surface area contributed by atoms with Gasteiger partial charge in [-0.05, 0) is 17.8 Å². The van der Waals surface area contributed by atoms with Crippen molar-refractivity contribution >= 4 is 0 Å². The van der Waals surface area contributed by atoms with Gasteiger partial charge in [-0.2, -0.15) is 0 Å². The lowest BCUT2D eigenvalue weighted by Gasteiger charge is -2.10. The second kappa shape index (κ2) is 2.54. The van der Waals surface area contributed by atoms with Gasteiger partial charge in [0.1, 0.15) is 12.4 Å². The first-order chi connectivity index (χ1) is 6.02. The number of hydrogen-bond acceptors (Lipinski definition) is 3. The average molecular weight is 181 g/mol. The molecule has 0 bridgehead atoms. The summed E-state index contributed by atoms with van der Waals surface area (Å²) in [6, 6.07) is 0. The average Bonchev–Trinajstić information content (AvgIpc) is 2.49. The largest absolute Gasteiger partial charge is 0.385 e. The van der Waals surface area contributed by atoms with Gasteiger partial charge < -0.3 is 9.67 Å². The molecule has 2 unspecified atom stereocenters. The molecule has 0 aromatic carbocycles. The summed E-state index contributed by atoms with van der Waals surface area (Å²) in [7, 11) is 1.86. The van der Waals surface area contributed by atoms with Crippen molar-refractivity contribution in [2.75, 3.05) is 0 Å². The van der Waals surface area contributed by atoms with E-state index in [1.807, 2.05) is 7.05 Å². The first-order valence-corrected chi connectivity index (χ1v) is 4.54. The van der Waals surface area contributed by atoms with Gasteiger partial charge in [0.15, 0.2) is 5.82 Å². The van der Waals surface area contributed by atoms with Crippen LogP contribution in [0.5, 0.6) is 0 Å². The fourth-order valence-corrected chi connectivity index (χ4v) is 1.79. The van der Waals surface area contributed by atoms with Crippen molar-refractivity contribution in [1.29, 1.82) is 0 Å². The van der Waals surface area contributed by atoms with Crippen molar-refractivity contribution in [3.8, 4) is 0 Å². The minimum absolute atomic E-state index is 0.269. The Balaban J connectivity index is 2.15. The Hall–Kier alpha value is -0.900. The molecular formula is C9H15N3O. The van der Waals surface area contributed by atoms with Crippen LogP contribution >= 0.6 is 0 Å². The van der Waals surface area contributed by atoms with E-state index < -0.39 is 6.10 Å². The molecular weight excluding hydrogens is 166 g/mol. The molecule has 2 atom stereocenters. The van der Waals surface area contributed by atoms with Crippen molar-refractivity contribution in [3.05, 3.63) is 12.2 Å². The van der Waals surface area contributed by atoms with E-state index in [0.717, 1.165) is 6.42 Å². The number of rotatable bonds is 2. The van der Waals surface area contributed by atoms with Crippen LogP contribution in [0.1, 0.15) is 32.2 Å². The number of aliphatic hydroxyl groups is 1. The van der Waals surface area contributed by atoms with E-state index in [-0.39, 0.29) is 5.41 Å². The van der Waals surface area contributed by atoms with Crippen molar-refractivity contribution in [1.82, 2.24) is 14.8 Å². The zero-order chi connectivity index (χ0) is 9.64. The van der Waals surface area contributed by atoms with E-state index in [2.05, 4.69) is 24.0 Å². The minimum Gasteiger partial charge on any atom is -0.385 e. The van der Waals surface area contributed by atoms with E-state index in [1.54, 1.807) is 10.9 Å². The van der Waals surface area contributed by atoms with Gasteiger partial charge in [-0.3, -0.25) is 0 Å². The molecule has 1 heterocycles. The Bertz CT molecular complexity index is 318. The molecule has 0 amide bonds. The van der Waals surface area contributed by atoms with Gasteiger partial charge in [0.25, 0.3) is 0 Å². The molecule has 1 saturated carbocycles. The molecule has 1 aliphatic carbocycles. The third-order valence-electron chi connectivity index (χ3n) is 2.98. The Labute approximate surface area is 77.6 Å². The Morgan fingerprint density at radius 1 is 1.69 bits per heavy atom. The predicted octanol–water partition coefficient (Wildman–Crippen LogP) is 0.895. The van der Waals surface area contributed by atoms with Crippen LogP contribution < -0.4 is 0 Å². The molecule has 72 valence electrons. The summed E-state index contributed by atoms with van der Waals surface area (Å²) in [6.45, 7) is 4.33. The standard InChI is InChI=1S/C9H15N3O/c1-9(2)4-6(9)7(13)8-11-10-5-12(8)3/h5-7,13H,4H2,1-3H3. The van der Waals surface area contributed by atoms with E-state index in [4.69, 9.17) is 0 Å². The van der Waals surface area contributed by atoms with Gasteiger partial charge in [0.2, 0.25) is 0 Å². The Morgan fingerprint density at radius 3 is 2.69 bits per heavy atom. The van der Waals surface area contributed by atoms with Crippen molar-refractivity contribution in [2.24, 2.45) is 18.4 Å². The molecule has 1 aromatic rings. The van der Waals surface area contributed by atoms with E-state index in [9.17, 15) is 5.11 Å². The fraction of sp³-hybridized carbons (Fsp3) is 0.778. The summed E-state index contributed by atoms with van der Waals surface area (Å²) in [6.07, 6.45) is 2.23. The van der Waals surface area contributed by atoms with Crippen molar-refractivity contribution in [3.63, 3.8) is 0 Å². The van der Waals surface area contributed by atoms with Gasteiger partial charge in [0.05, 0.1) is 0 Å². The monoisotopic (exact) mass is 181 g/mol. The molecule has 0 saturated heterocycles. The van der Waals surface area contributed by atoms with Crippen molar-refractivity contribution < 1.29 is 5.11 Å². The second-order valence-corrected chi connectivity index (χ2v) is 4.54. The molecule has 4 heteroatoms. The topological polar surface area (TPSA) is 50.9 Å². The number of hydrogen-bond donors (Lipinski definition) is 1. The lowest BCUT2D eigenvalue weighted by molar-refractivity contribution is 0.125. The highest BCUT2D eigenvalue weighted by Crippen LogP contribution is 2.57. The molecule has 0 spiro atoms. The first-order valence-electron chi connectivity index (χ1n) is 4.54. The zero-order valence-corrected chi connectivity index (χ0v) is 8.23. The highest BCUT2D eigenvalue weighted by atomic mass is 16.3. The summed E-state index contributed by atoms with van der Waals surface area (Å²) < 4.78 is 1.78. The Kier molecular flexibility index (Phi) is 1.70. The van der Waals surface area contributed by atoms with Crippen LogP contribution in [-0.2, 0) is 7.05 Å². The van der Waals surface area contributed by atoms with E-state index in [1.165, 1.54) is 0 Å². The summed E-state index contributed by atoms with van der Waals surface area (Å²) in [4.78, 5) is 0. The first kappa shape index (κ1) is 8.69. The lowest BCUT2D eigenvalue weighted by Crippen LogP contribution is -2.10. The second-order valence-electron chi connectivity index (χ2n) is 4.54. The summed E-state index contributed by atoms with van der Waals surface area (Å²) in [5, 5.41) is 17.6. The molecule has 1 aliphatic rings. The maximum atomic E-state index is 9.94. The summed E-state index contributed by atoms with van der Waals surface area (Å²) >= 11 is 0. The fourth-order valence-electron chi connectivity index (χ4n) is 1.79. The molecule has 2 rings (SSSR count). The van der Waals surface area contributed by atoms with Crippen LogP contribution in [0.4, 0.5) is 0 Å². The zero-order valence-electron chi connectivity index (χ0n) is 8.23. The number of aromatic nitrogens is 3. The van der Waals surface area contributed by atoms with E-state index >= 15 is 0 Å². The van der Waals surface area contributed by atoms with Gasteiger partial charge in [-0.25, -0.2) is 0 Å². The third-order valence-corrected chi connectivity index (χ3v) is 2.98.